The summed E-state index contributed by atoms with van der Waals surface area (Å²) in [6.07, 6.45) is 1.18. The molecule has 2 N–H and O–H groups in total. The maximum Gasteiger partial charge on any atom is 0.255 e. The van der Waals surface area contributed by atoms with Crippen LogP contribution in [0.5, 0.6) is 0 Å². The minimum Gasteiger partial charge on any atom is -0.395 e. The number of halogens is 1. The van der Waals surface area contributed by atoms with E-state index >= 15 is 0 Å². The summed E-state index contributed by atoms with van der Waals surface area (Å²) < 4.78 is 13.4. The number of likely N-dealkylation sites (tertiary alicyclic amines) is 1. The lowest BCUT2D eigenvalue weighted by Gasteiger charge is -2.30. The third-order valence-electron chi connectivity index (χ3n) is 3.36. The molecule has 0 spiro atoms. The topological polar surface area (TPSA) is 60.8 Å². The second-order valence-electron chi connectivity index (χ2n) is 5.01. The number of carbonyl (C=O) groups excluding carboxylic acids is 1. The van der Waals surface area contributed by atoms with Gasteiger partial charge in [-0.25, -0.2) is 4.39 Å². The number of carbonyl (C=O) groups is 1. The van der Waals surface area contributed by atoms with Gasteiger partial charge in [0.1, 0.15) is 5.82 Å². The molecule has 0 bridgehead atoms. The van der Waals surface area contributed by atoms with E-state index in [1.54, 1.807) is 0 Å². The van der Waals surface area contributed by atoms with E-state index in [2.05, 4.69) is 11.8 Å². The highest BCUT2D eigenvalue weighted by Gasteiger charge is 2.24. The number of aliphatic hydroxyl groups excluding tert-OH is 2. The Labute approximate surface area is 123 Å². The zero-order valence-electron chi connectivity index (χ0n) is 11.7. The summed E-state index contributed by atoms with van der Waals surface area (Å²) >= 11 is 0. The Morgan fingerprint density at radius 1 is 1.48 bits per heavy atom. The average Bonchev–Trinajstić information content (AvgIpc) is 2.48. The fraction of sp³-hybridized carbons (Fsp3) is 0.438. The van der Waals surface area contributed by atoms with Crippen LogP contribution in [0.25, 0.3) is 0 Å². The van der Waals surface area contributed by atoms with Gasteiger partial charge in [0.15, 0.2) is 0 Å². The first-order valence-corrected chi connectivity index (χ1v) is 6.98. The standard InChI is InChI=1S/C16H18FNO3/c17-13-7-6-12(4-1-2-9-19)15(10-13)16(21)18-8-3-5-14(20)11-18/h6-7,10,14,19-20H,2-3,5,8-9,11H2. The Hall–Kier alpha value is -1.90. The van der Waals surface area contributed by atoms with Gasteiger partial charge in [0, 0.05) is 25.1 Å². The molecule has 5 heteroatoms. The molecule has 4 nitrogen and oxygen atoms in total. The number of β-amino-alcohol motifs (C(OH)–C–C–N with tert-alkyl or cyclic N) is 1. The summed E-state index contributed by atoms with van der Waals surface area (Å²) in [5.74, 6) is 4.71. The number of rotatable bonds is 2. The number of piperidine rings is 1. The molecule has 1 atom stereocenters. The van der Waals surface area contributed by atoms with Crippen molar-refractivity contribution in [3.8, 4) is 11.8 Å². The van der Waals surface area contributed by atoms with Gasteiger partial charge in [-0.3, -0.25) is 4.79 Å². The van der Waals surface area contributed by atoms with Crippen LogP contribution < -0.4 is 0 Å². The number of nitrogens with zero attached hydrogens (tertiary/aromatic N) is 1. The highest BCUT2D eigenvalue weighted by molar-refractivity contribution is 5.96. The van der Waals surface area contributed by atoms with Crippen LogP contribution in [0.1, 0.15) is 35.2 Å². The Balaban J connectivity index is 2.26. The van der Waals surface area contributed by atoms with E-state index in [-0.39, 0.29) is 24.6 Å². The lowest BCUT2D eigenvalue weighted by atomic mass is 10.0. The molecule has 1 heterocycles. The molecule has 1 aliphatic rings. The van der Waals surface area contributed by atoms with Gasteiger partial charge in [-0.1, -0.05) is 11.8 Å². The molecule has 1 saturated heterocycles. The predicted molar refractivity (Wildman–Crippen MR) is 76.1 cm³/mol. The fourth-order valence-electron chi connectivity index (χ4n) is 2.33. The Bertz CT molecular complexity index is 577. The molecule has 0 saturated carbocycles. The summed E-state index contributed by atoms with van der Waals surface area (Å²) in [4.78, 5) is 14.0. The van der Waals surface area contributed by atoms with E-state index in [9.17, 15) is 14.3 Å². The first-order valence-electron chi connectivity index (χ1n) is 6.98. The Morgan fingerprint density at radius 2 is 2.29 bits per heavy atom. The van der Waals surface area contributed by atoms with Gasteiger partial charge < -0.3 is 15.1 Å². The van der Waals surface area contributed by atoms with Crippen LogP contribution in [0.2, 0.25) is 0 Å². The van der Waals surface area contributed by atoms with Gasteiger partial charge in [0.25, 0.3) is 5.91 Å². The van der Waals surface area contributed by atoms with Crippen molar-refractivity contribution in [3.05, 3.63) is 35.1 Å². The molecule has 1 aromatic carbocycles. The van der Waals surface area contributed by atoms with Crippen molar-refractivity contribution in [2.45, 2.75) is 25.4 Å². The summed E-state index contributed by atoms with van der Waals surface area (Å²) in [7, 11) is 0. The third-order valence-corrected chi connectivity index (χ3v) is 3.36. The van der Waals surface area contributed by atoms with Crippen molar-refractivity contribution in [3.63, 3.8) is 0 Å². The first-order chi connectivity index (χ1) is 10.1. The summed E-state index contributed by atoms with van der Waals surface area (Å²) in [6, 6.07) is 3.89. The van der Waals surface area contributed by atoms with Crippen molar-refractivity contribution in [1.82, 2.24) is 4.90 Å². The van der Waals surface area contributed by atoms with Crippen LogP contribution in [-0.2, 0) is 0 Å². The van der Waals surface area contributed by atoms with Crippen LogP contribution in [0.3, 0.4) is 0 Å². The lowest BCUT2D eigenvalue weighted by Crippen LogP contribution is -2.42. The number of aliphatic hydroxyl groups is 2. The van der Waals surface area contributed by atoms with E-state index in [4.69, 9.17) is 5.11 Å². The number of hydrogen-bond donors (Lipinski definition) is 2. The molecule has 1 amide bonds. The van der Waals surface area contributed by atoms with Crippen molar-refractivity contribution >= 4 is 5.91 Å². The predicted octanol–water partition coefficient (Wildman–Crippen LogP) is 1.16. The molecular formula is C16H18FNO3. The molecule has 1 unspecified atom stereocenters. The largest absolute Gasteiger partial charge is 0.395 e. The van der Waals surface area contributed by atoms with Gasteiger partial charge in [0.2, 0.25) is 0 Å². The molecule has 1 fully saturated rings. The molecule has 0 aliphatic carbocycles. The number of benzene rings is 1. The van der Waals surface area contributed by atoms with E-state index in [1.807, 2.05) is 0 Å². The summed E-state index contributed by atoms with van der Waals surface area (Å²) in [6.45, 7) is 0.755. The van der Waals surface area contributed by atoms with Crippen molar-refractivity contribution in [1.29, 1.82) is 0 Å². The highest BCUT2D eigenvalue weighted by atomic mass is 19.1. The van der Waals surface area contributed by atoms with Crippen LogP contribution in [0, 0.1) is 17.7 Å². The Morgan fingerprint density at radius 3 is 3.00 bits per heavy atom. The molecule has 1 aliphatic heterocycles. The highest BCUT2D eigenvalue weighted by Crippen LogP contribution is 2.17. The first kappa shape index (κ1) is 15.5. The van der Waals surface area contributed by atoms with Gasteiger partial charge in [-0.2, -0.15) is 0 Å². The van der Waals surface area contributed by atoms with Gasteiger partial charge >= 0.3 is 0 Å². The molecule has 2 rings (SSSR count). The minimum absolute atomic E-state index is 0.0597. The molecule has 1 aromatic rings. The minimum atomic E-state index is -0.528. The van der Waals surface area contributed by atoms with Gasteiger partial charge in [-0.05, 0) is 31.0 Å². The van der Waals surface area contributed by atoms with Crippen molar-refractivity contribution in [2.75, 3.05) is 19.7 Å². The molecular weight excluding hydrogens is 273 g/mol. The lowest BCUT2D eigenvalue weighted by molar-refractivity contribution is 0.0473. The second kappa shape index (κ2) is 7.21. The van der Waals surface area contributed by atoms with Gasteiger partial charge in [-0.15, -0.1) is 0 Å². The van der Waals surface area contributed by atoms with Crippen molar-refractivity contribution < 1.29 is 19.4 Å². The van der Waals surface area contributed by atoms with Crippen molar-refractivity contribution in [2.24, 2.45) is 0 Å². The van der Waals surface area contributed by atoms with Gasteiger partial charge in [0.05, 0.1) is 18.3 Å². The van der Waals surface area contributed by atoms with E-state index < -0.39 is 11.9 Å². The number of amides is 1. The zero-order valence-corrected chi connectivity index (χ0v) is 11.7. The molecule has 0 radical (unpaired) electrons. The summed E-state index contributed by atoms with van der Waals surface area (Å²) in [5.41, 5.74) is 0.643. The van der Waals surface area contributed by atoms with Crippen LogP contribution >= 0.6 is 0 Å². The monoisotopic (exact) mass is 291 g/mol. The van der Waals surface area contributed by atoms with E-state index in [1.165, 1.54) is 23.1 Å². The zero-order chi connectivity index (χ0) is 15.2. The van der Waals surface area contributed by atoms with Crippen LogP contribution in [0.4, 0.5) is 4.39 Å². The summed E-state index contributed by atoms with van der Waals surface area (Å²) in [5, 5.41) is 18.4. The molecule has 112 valence electrons. The normalized spacial score (nSPS) is 18.0. The van der Waals surface area contributed by atoms with E-state index in [0.29, 0.717) is 24.9 Å². The fourth-order valence-corrected chi connectivity index (χ4v) is 2.33. The molecule has 21 heavy (non-hydrogen) atoms. The van der Waals surface area contributed by atoms with Crippen LogP contribution in [-0.4, -0.2) is 46.8 Å². The van der Waals surface area contributed by atoms with E-state index in [0.717, 1.165) is 6.42 Å². The second-order valence-corrected chi connectivity index (χ2v) is 5.01. The average molecular weight is 291 g/mol. The Kier molecular flexibility index (Phi) is 5.32. The SMILES string of the molecule is O=C(c1cc(F)ccc1C#CCCO)N1CCCC(O)C1. The van der Waals surface area contributed by atoms with Crippen LogP contribution in [0.15, 0.2) is 18.2 Å². The maximum absolute atomic E-state index is 13.4. The quantitative estimate of drug-likeness (QED) is 0.804. The number of hydrogen-bond acceptors (Lipinski definition) is 3. The molecule has 0 aromatic heterocycles. The maximum atomic E-state index is 13.4. The smallest absolute Gasteiger partial charge is 0.255 e. The third kappa shape index (κ3) is 4.03.